The van der Waals surface area contributed by atoms with Gasteiger partial charge in [-0.25, -0.2) is 8.42 Å². The molecule has 0 atom stereocenters. The summed E-state index contributed by atoms with van der Waals surface area (Å²) in [4.78, 5) is 0.194. The van der Waals surface area contributed by atoms with E-state index in [0.29, 0.717) is 10.3 Å². The Morgan fingerprint density at radius 2 is 2.11 bits per heavy atom. The van der Waals surface area contributed by atoms with E-state index in [1.165, 1.54) is 0 Å². The summed E-state index contributed by atoms with van der Waals surface area (Å²) in [7, 11) is -3.64. The molecule has 0 fully saturated rings. The Kier molecular flexibility index (Phi) is 3.96. The molecule has 5 nitrogen and oxygen atoms in total. The minimum Gasteiger partial charge on any atom is -0.280 e. The van der Waals surface area contributed by atoms with Crippen molar-refractivity contribution in [2.75, 3.05) is 4.72 Å². The molecule has 0 saturated heterocycles. The minimum atomic E-state index is -3.64. The highest BCUT2D eigenvalue weighted by Gasteiger charge is 2.18. The minimum absolute atomic E-state index is 0.194. The molecule has 2 N–H and O–H groups in total. The highest BCUT2D eigenvalue weighted by atomic mass is 79.9. The smallest absolute Gasteiger partial charge is 0.264 e. The first-order valence-electron chi connectivity index (χ1n) is 5.75. The van der Waals surface area contributed by atoms with Crippen molar-refractivity contribution in [2.24, 2.45) is 0 Å². The van der Waals surface area contributed by atoms with Gasteiger partial charge in [-0.1, -0.05) is 13.0 Å². The highest BCUT2D eigenvalue weighted by molar-refractivity contribution is 9.10. The van der Waals surface area contributed by atoms with Gasteiger partial charge in [0.15, 0.2) is 5.82 Å². The number of hydrogen-bond acceptors (Lipinski definition) is 3. The standard InChI is InChI=1S/C12H14BrN3O2S/c1-3-9-7-12(15-14-9)16-19(17,18)11-5-4-8(2)6-10(11)13/h4-7H,3H2,1-2H3,(H2,14,15,16). The van der Waals surface area contributed by atoms with E-state index in [2.05, 4.69) is 30.8 Å². The first-order chi connectivity index (χ1) is 8.92. The van der Waals surface area contributed by atoms with Crippen molar-refractivity contribution in [1.29, 1.82) is 0 Å². The predicted octanol–water partition coefficient (Wildman–Crippen LogP) is 2.84. The average molecular weight is 344 g/mol. The summed E-state index contributed by atoms with van der Waals surface area (Å²) in [6.07, 6.45) is 0.767. The summed E-state index contributed by atoms with van der Waals surface area (Å²) in [6, 6.07) is 6.76. The Morgan fingerprint density at radius 3 is 2.68 bits per heavy atom. The number of rotatable bonds is 4. The van der Waals surface area contributed by atoms with Crippen LogP contribution in [0.25, 0.3) is 0 Å². The highest BCUT2D eigenvalue weighted by Crippen LogP contribution is 2.24. The second-order valence-electron chi connectivity index (χ2n) is 4.17. The number of H-pyrrole nitrogens is 1. The summed E-state index contributed by atoms with van der Waals surface area (Å²) in [5.74, 6) is 0.296. The van der Waals surface area contributed by atoms with Gasteiger partial charge in [0.2, 0.25) is 0 Å². The Bertz CT molecular complexity index is 695. The van der Waals surface area contributed by atoms with Crippen LogP contribution in [0, 0.1) is 6.92 Å². The summed E-state index contributed by atoms with van der Waals surface area (Å²) in [5.41, 5.74) is 1.86. The first kappa shape index (κ1) is 14.1. The molecule has 1 heterocycles. The fraction of sp³-hybridized carbons (Fsp3) is 0.250. The van der Waals surface area contributed by atoms with Gasteiger partial charge in [-0.15, -0.1) is 0 Å². The average Bonchev–Trinajstić information content (AvgIpc) is 2.75. The van der Waals surface area contributed by atoms with Gasteiger partial charge in [0, 0.05) is 16.2 Å². The van der Waals surface area contributed by atoms with E-state index in [4.69, 9.17) is 0 Å². The number of aryl methyl sites for hydroxylation is 2. The van der Waals surface area contributed by atoms with E-state index in [9.17, 15) is 8.42 Å². The molecule has 0 unspecified atom stereocenters. The molecule has 0 spiro atoms. The number of hydrogen-bond donors (Lipinski definition) is 2. The molecular formula is C12H14BrN3O2S. The Labute approximate surface area is 120 Å². The van der Waals surface area contributed by atoms with Gasteiger partial charge in [-0.2, -0.15) is 5.10 Å². The van der Waals surface area contributed by atoms with Crippen molar-refractivity contribution in [3.63, 3.8) is 0 Å². The summed E-state index contributed by atoms with van der Waals surface area (Å²) >= 11 is 3.27. The summed E-state index contributed by atoms with van der Waals surface area (Å²) < 4.78 is 27.5. The van der Waals surface area contributed by atoms with Crippen molar-refractivity contribution in [3.8, 4) is 0 Å². The van der Waals surface area contributed by atoms with Gasteiger partial charge in [0.05, 0.1) is 0 Å². The number of aromatic nitrogens is 2. The molecule has 0 aliphatic heterocycles. The van der Waals surface area contributed by atoms with Gasteiger partial charge in [0.25, 0.3) is 10.0 Å². The molecule has 2 rings (SSSR count). The largest absolute Gasteiger partial charge is 0.280 e. The fourth-order valence-corrected chi connectivity index (χ4v) is 3.80. The molecule has 1 aromatic carbocycles. The normalized spacial score (nSPS) is 11.5. The van der Waals surface area contributed by atoms with Crippen LogP contribution in [0.1, 0.15) is 18.2 Å². The third-order valence-corrected chi connectivity index (χ3v) is 4.96. The quantitative estimate of drug-likeness (QED) is 0.896. The molecule has 0 bridgehead atoms. The van der Waals surface area contributed by atoms with E-state index >= 15 is 0 Å². The topological polar surface area (TPSA) is 74.8 Å². The molecule has 0 amide bonds. The third-order valence-electron chi connectivity index (χ3n) is 2.63. The molecule has 19 heavy (non-hydrogen) atoms. The van der Waals surface area contributed by atoms with Crippen molar-refractivity contribution >= 4 is 31.8 Å². The molecule has 1 aromatic heterocycles. The fourth-order valence-electron chi connectivity index (χ4n) is 1.61. The molecule has 2 aromatic rings. The Hall–Kier alpha value is -1.34. The van der Waals surface area contributed by atoms with E-state index in [0.717, 1.165) is 17.7 Å². The van der Waals surface area contributed by atoms with Crippen LogP contribution in [0.3, 0.4) is 0 Å². The second-order valence-corrected chi connectivity index (χ2v) is 6.68. The number of halogens is 1. The molecule has 0 aliphatic rings. The first-order valence-corrected chi connectivity index (χ1v) is 8.03. The maximum absolute atomic E-state index is 12.2. The Morgan fingerprint density at radius 1 is 1.37 bits per heavy atom. The number of nitrogens with one attached hydrogen (secondary N) is 2. The molecule has 0 saturated carbocycles. The van der Waals surface area contributed by atoms with Crippen LogP contribution in [0.2, 0.25) is 0 Å². The zero-order valence-electron chi connectivity index (χ0n) is 10.6. The van der Waals surface area contributed by atoms with Crippen molar-refractivity contribution in [1.82, 2.24) is 10.2 Å². The zero-order valence-corrected chi connectivity index (χ0v) is 13.0. The Balaban J connectivity index is 2.32. The van der Waals surface area contributed by atoms with Gasteiger partial charge < -0.3 is 0 Å². The van der Waals surface area contributed by atoms with E-state index < -0.39 is 10.0 Å². The van der Waals surface area contributed by atoms with E-state index in [-0.39, 0.29) is 4.90 Å². The van der Waals surface area contributed by atoms with Crippen LogP contribution in [0.4, 0.5) is 5.82 Å². The maximum Gasteiger partial charge on any atom is 0.264 e. The molecule has 0 aliphatic carbocycles. The zero-order chi connectivity index (χ0) is 14.0. The molecule has 7 heteroatoms. The number of sulfonamides is 1. The summed E-state index contributed by atoms with van der Waals surface area (Å²) in [5, 5.41) is 6.68. The van der Waals surface area contributed by atoms with Gasteiger partial charge in [0.1, 0.15) is 4.90 Å². The molecular weight excluding hydrogens is 330 g/mol. The van der Waals surface area contributed by atoms with Gasteiger partial charge in [-0.3, -0.25) is 9.82 Å². The summed E-state index contributed by atoms with van der Waals surface area (Å²) in [6.45, 7) is 3.86. The maximum atomic E-state index is 12.2. The van der Waals surface area contributed by atoms with Crippen LogP contribution in [0.15, 0.2) is 33.6 Å². The van der Waals surface area contributed by atoms with Crippen LogP contribution in [-0.2, 0) is 16.4 Å². The lowest BCUT2D eigenvalue weighted by molar-refractivity contribution is 0.600. The number of nitrogens with zero attached hydrogens (tertiary/aromatic N) is 1. The van der Waals surface area contributed by atoms with Crippen LogP contribution < -0.4 is 4.72 Å². The van der Waals surface area contributed by atoms with E-state index in [1.807, 2.05) is 13.8 Å². The number of benzene rings is 1. The lowest BCUT2D eigenvalue weighted by Crippen LogP contribution is -2.13. The predicted molar refractivity (Wildman–Crippen MR) is 77.7 cm³/mol. The van der Waals surface area contributed by atoms with Crippen molar-refractivity contribution < 1.29 is 8.42 Å². The van der Waals surface area contributed by atoms with Crippen LogP contribution >= 0.6 is 15.9 Å². The lowest BCUT2D eigenvalue weighted by atomic mass is 10.2. The molecule has 102 valence electrons. The van der Waals surface area contributed by atoms with Crippen LogP contribution in [0.5, 0.6) is 0 Å². The number of anilines is 1. The third kappa shape index (κ3) is 3.16. The lowest BCUT2D eigenvalue weighted by Gasteiger charge is -2.07. The van der Waals surface area contributed by atoms with Gasteiger partial charge in [-0.05, 0) is 47.0 Å². The molecule has 0 radical (unpaired) electrons. The van der Waals surface area contributed by atoms with Crippen molar-refractivity contribution in [3.05, 3.63) is 40.0 Å². The monoisotopic (exact) mass is 343 g/mol. The second kappa shape index (κ2) is 5.34. The number of aromatic amines is 1. The van der Waals surface area contributed by atoms with Gasteiger partial charge >= 0.3 is 0 Å². The van der Waals surface area contributed by atoms with E-state index in [1.54, 1.807) is 24.3 Å². The van der Waals surface area contributed by atoms with Crippen molar-refractivity contribution in [2.45, 2.75) is 25.2 Å². The van der Waals surface area contributed by atoms with Crippen LogP contribution in [-0.4, -0.2) is 18.6 Å². The SMILES string of the molecule is CCc1cc(NS(=O)(=O)c2ccc(C)cc2Br)n[nH]1.